The summed E-state index contributed by atoms with van der Waals surface area (Å²) in [6.07, 6.45) is 3.56. The third-order valence-electron chi connectivity index (χ3n) is 2.51. The van der Waals surface area contributed by atoms with Crippen LogP contribution in [-0.4, -0.2) is 11.1 Å². The summed E-state index contributed by atoms with van der Waals surface area (Å²) < 4.78 is 1.96. The van der Waals surface area contributed by atoms with Crippen LogP contribution < -0.4 is 11.2 Å². The number of benzene rings is 1. The van der Waals surface area contributed by atoms with Crippen LogP contribution in [0.3, 0.4) is 0 Å². The molecule has 0 spiro atoms. The van der Waals surface area contributed by atoms with Gasteiger partial charge >= 0.3 is 0 Å². The van der Waals surface area contributed by atoms with Crippen molar-refractivity contribution < 1.29 is 0 Å². The molecule has 0 bridgehead atoms. The Bertz CT molecular complexity index is 610. The Labute approximate surface area is 106 Å². The fourth-order valence-electron chi connectivity index (χ4n) is 1.61. The number of pyridine rings is 1. The Kier molecular flexibility index (Phi) is 3.95. The molecule has 2 aromatic rings. The zero-order chi connectivity index (χ0) is 12.8. The van der Waals surface area contributed by atoms with Crippen LogP contribution in [0.2, 0.25) is 0 Å². The summed E-state index contributed by atoms with van der Waals surface area (Å²) in [6, 6.07) is 11.1. The molecule has 1 aromatic carbocycles. The first-order valence-electron chi connectivity index (χ1n) is 5.72. The lowest BCUT2D eigenvalue weighted by molar-refractivity contribution is 0.789. The first-order chi connectivity index (χ1) is 8.78. The molecule has 90 valence electrons. The van der Waals surface area contributed by atoms with Gasteiger partial charge in [-0.3, -0.25) is 4.79 Å². The molecule has 0 fully saturated rings. The van der Waals surface area contributed by atoms with E-state index >= 15 is 0 Å². The SMILES string of the molecule is NCC#Cc1ccc(Cn2ccc(=O)cc2)cc1. The molecule has 0 aliphatic carbocycles. The molecule has 2 N–H and O–H groups in total. The number of hydrogen-bond acceptors (Lipinski definition) is 2. The minimum absolute atomic E-state index is 0.0265. The molecular formula is C15H14N2O. The Morgan fingerprint density at radius 3 is 2.33 bits per heavy atom. The van der Waals surface area contributed by atoms with E-state index in [0.29, 0.717) is 6.54 Å². The van der Waals surface area contributed by atoms with Gasteiger partial charge in [-0.2, -0.15) is 0 Å². The summed E-state index contributed by atoms with van der Waals surface area (Å²) in [5.74, 6) is 5.80. The van der Waals surface area contributed by atoms with Crippen LogP contribution >= 0.6 is 0 Å². The van der Waals surface area contributed by atoms with E-state index in [-0.39, 0.29) is 5.43 Å². The van der Waals surface area contributed by atoms with Crippen LogP contribution in [0.15, 0.2) is 53.6 Å². The third-order valence-corrected chi connectivity index (χ3v) is 2.51. The van der Waals surface area contributed by atoms with Gasteiger partial charge in [0.1, 0.15) is 0 Å². The topological polar surface area (TPSA) is 48.0 Å². The van der Waals surface area contributed by atoms with Gasteiger partial charge in [-0.1, -0.05) is 24.0 Å². The van der Waals surface area contributed by atoms with E-state index in [0.717, 1.165) is 17.7 Å². The van der Waals surface area contributed by atoms with E-state index in [1.54, 1.807) is 24.5 Å². The van der Waals surface area contributed by atoms with Crippen LogP contribution in [0.1, 0.15) is 11.1 Å². The first-order valence-corrected chi connectivity index (χ1v) is 5.72. The normalized spacial score (nSPS) is 9.61. The van der Waals surface area contributed by atoms with Crippen LogP contribution in [0, 0.1) is 11.8 Å². The van der Waals surface area contributed by atoms with E-state index in [2.05, 4.69) is 11.8 Å². The van der Waals surface area contributed by atoms with Gasteiger partial charge in [0.05, 0.1) is 6.54 Å². The van der Waals surface area contributed by atoms with Crippen molar-refractivity contribution in [2.24, 2.45) is 5.73 Å². The number of nitrogens with zero attached hydrogens (tertiary/aromatic N) is 1. The zero-order valence-electron chi connectivity index (χ0n) is 9.97. The first kappa shape index (κ1) is 12.2. The van der Waals surface area contributed by atoms with Gasteiger partial charge in [-0.05, 0) is 17.7 Å². The van der Waals surface area contributed by atoms with Gasteiger partial charge in [-0.25, -0.2) is 0 Å². The summed E-state index contributed by atoms with van der Waals surface area (Å²) in [4.78, 5) is 11.0. The largest absolute Gasteiger partial charge is 0.350 e. The minimum Gasteiger partial charge on any atom is -0.350 e. The molecule has 0 radical (unpaired) electrons. The second kappa shape index (κ2) is 5.85. The Balaban J connectivity index is 2.10. The van der Waals surface area contributed by atoms with Crippen molar-refractivity contribution in [2.45, 2.75) is 6.54 Å². The summed E-state index contributed by atoms with van der Waals surface area (Å²) in [5, 5.41) is 0. The highest BCUT2D eigenvalue weighted by atomic mass is 16.1. The second-order valence-electron chi connectivity index (χ2n) is 3.91. The lowest BCUT2D eigenvalue weighted by Gasteiger charge is -2.05. The molecule has 0 saturated heterocycles. The molecule has 0 aliphatic heterocycles. The lowest BCUT2D eigenvalue weighted by Crippen LogP contribution is -2.04. The lowest BCUT2D eigenvalue weighted by atomic mass is 10.1. The molecule has 0 saturated carbocycles. The van der Waals surface area contributed by atoms with Crippen molar-refractivity contribution in [1.29, 1.82) is 0 Å². The average Bonchev–Trinajstić information content (AvgIpc) is 2.41. The third kappa shape index (κ3) is 3.34. The molecule has 0 atom stereocenters. The van der Waals surface area contributed by atoms with Gasteiger partial charge in [0.2, 0.25) is 0 Å². The van der Waals surface area contributed by atoms with Crippen LogP contribution in [-0.2, 0) is 6.54 Å². The predicted octanol–water partition coefficient (Wildman–Crippen LogP) is 1.21. The standard InChI is InChI=1S/C15H14N2O/c16-9-1-2-13-3-5-14(6-4-13)12-17-10-7-15(18)8-11-17/h3-8,10-11H,9,12,16H2. The molecule has 0 aliphatic rings. The second-order valence-corrected chi connectivity index (χ2v) is 3.91. The monoisotopic (exact) mass is 238 g/mol. The van der Waals surface area contributed by atoms with Gasteiger partial charge in [-0.15, -0.1) is 0 Å². The number of nitrogens with two attached hydrogens (primary N) is 1. The summed E-state index contributed by atoms with van der Waals surface area (Å²) in [6.45, 7) is 1.12. The number of aromatic nitrogens is 1. The Morgan fingerprint density at radius 1 is 1.06 bits per heavy atom. The van der Waals surface area contributed by atoms with Crippen molar-refractivity contribution in [3.05, 3.63) is 70.1 Å². The van der Waals surface area contributed by atoms with Gasteiger partial charge in [0.25, 0.3) is 0 Å². The Morgan fingerprint density at radius 2 is 1.72 bits per heavy atom. The van der Waals surface area contributed by atoms with Gasteiger partial charge in [0, 0.05) is 36.6 Å². The summed E-state index contributed by atoms with van der Waals surface area (Å²) >= 11 is 0. The molecule has 0 amide bonds. The van der Waals surface area contributed by atoms with E-state index < -0.39 is 0 Å². The van der Waals surface area contributed by atoms with Crippen LogP contribution in [0.25, 0.3) is 0 Å². The molecular weight excluding hydrogens is 224 g/mol. The number of hydrogen-bond donors (Lipinski definition) is 1. The highest BCUT2D eigenvalue weighted by Gasteiger charge is 1.94. The predicted molar refractivity (Wildman–Crippen MR) is 72.2 cm³/mol. The van der Waals surface area contributed by atoms with E-state index in [1.807, 2.05) is 28.8 Å². The summed E-state index contributed by atoms with van der Waals surface area (Å²) in [5.41, 5.74) is 7.47. The highest BCUT2D eigenvalue weighted by molar-refractivity contribution is 5.36. The zero-order valence-corrected chi connectivity index (χ0v) is 9.97. The van der Waals surface area contributed by atoms with Crippen LogP contribution in [0.4, 0.5) is 0 Å². The molecule has 1 aromatic heterocycles. The molecule has 1 heterocycles. The highest BCUT2D eigenvalue weighted by Crippen LogP contribution is 2.05. The van der Waals surface area contributed by atoms with Crippen LogP contribution in [0.5, 0.6) is 0 Å². The van der Waals surface area contributed by atoms with Crippen molar-refractivity contribution >= 4 is 0 Å². The summed E-state index contributed by atoms with van der Waals surface area (Å²) in [7, 11) is 0. The van der Waals surface area contributed by atoms with E-state index in [1.165, 1.54) is 0 Å². The maximum atomic E-state index is 11.0. The van der Waals surface area contributed by atoms with E-state index in [4.69, 9.17) is 5.73 Å². The molecule has 18 heavy (non-hydrogen) atoms. The van der Waals surface area contributed by atoms with Crippen molar-refractivity contribution in [3.8, 4) is 11.8 Å². The van der Waals surface area contributed by atoms with Crippen molar-refractivity contribution in [2.75, 3.05) is 6.54 Å². The maximum absolute atomic E-state index is 11.0. The van der Waals surface area contributed by atoms with Gasteiger partial charge < -0.3 is 10.3 Å². The molecule has 3 nitrogen and oxygen atoms in total. The average molecular weight is 238 g/mol. The van der Waals surface area contributed by atoms with E-state index in [9.17, 15) is 4.79 Å². The quantitative estimate of drug-likeness (QED) is 0.799. The maximum Gasteiger partial charge on any atom is 0.181 e. The van der Waals surface area contributed by atoms with Crippen molar-refractivity contribution in [3.63, 3.8) is 0 Å². The fourth-order valence-corrected chi connectivity index (χ4v) is 1.61. The van der Waals surface area contributed by atoms with Crippen molar-refractivity contribution in [1.82, 2.24) is 4.57 Å². The molecule has 0 unspecified atom stereocenters. The smallest absolute Gasteiger partial charge is 0.181 e. The Hall–Kier alpha value is -2.31. The fraction of sp³-hybridized carbons (Fsp3) is 0.133. The van der Waals surface area contributed by atoms with Gasteiger partial charge in [0.15, 0.2) is 5.43 Å². The molecule has 3 heteroatoms. The molecule has 2 rings (SSSR count). The number of rotatable bonds is 2. The minimum atomic E-state index is 0.0265.